The van der Waals surface area contributed by atoms with Crippen LogP contribution in [0.1, 0.15) is 53.8 Å². The Labute approximate surface area is 229 Å². The Morgan fingerprint density at radius 3 is 2.59 bits per heavy atom. The number of nitrogens with one attached hydrogen (secondary N) is 1. The summed E-state index contributed by atoms with van der Waals surface area (Å²) < 4.78 is 10.6. The van der Waals surface area contributed by atoms with Crippen molar-refractivity contribution in [3.05, 3.63) is 40.1 Å². The number of ether oxygens (including phenoxy) is 1. The third kappa shape index (κ3) is 4.87. The van der Waals surface area contributed by atoms with Crippen LogP contribution < -0.4 is 4.74 Å². The van der Waals surface area contributed by atoms with Gasteiger partial charge in [-0.25, -0.2) is 4.68 Å². The molecule has 4 aromatic rings. The molecule has 10 nitrogen and oxygen atoms in total. The fourth-order valence-corrected chi connectivity index (χ4v) is 6.12. The smallest absolute Gasteiger partial charge is 0.221 e. The molecule has 0 saturated carbocycles. The highest BCUT2D eigenvalue weighted by molar-refractivity contribution is 5.93. The van der Waals surface area contributed by atoms with E-state index in [1.165, 1.54) is 37.2 Å². The molecular weight excluding hydrogens is 490 g/mol. The Kier molecular flexibility index (Phi) is 6.76. The van der Waals surface area contributed by atoms with E-state index in [9.17, 15) is 0 Å². The molecule has 206 valence electrons. The highest BCUT2D eigenvalue weighted by Crippen LogP contribution is 2.35. The van der Waals surface area contributed by atoms with Crippen LogP contribution >= 0.6 is 0 Å². The van der Waals surface area contributed by atoms with E-state index in [1.54, 1.807) is 0 Å². The van der Waals surface area contributed by atoms with Gasteiger partial charge in [0.15, 0.2) is 0 Å². The van der Waals surface area contributed by atoms with Gasteiger partial charge in [-0.05, 0) is 78.9 Å². The monoisotopic (exact) mass is 529 g/mol. The molecule has 1 N–H and O–H groups in total. The molecule has 0 spiro atoms. The molecule has 1 atom stereocenters. The minimum atomic E-state index is -0.0518. The predicted molar refractivity (Wildman–Crippen MR) is 154 cm³/mol. The molecule has 39 heavy (non-hydrogen) atoms. The summed E-state index contributed by atoms with van der Waals surface area (Å²) in [6.45, 7) is 14.1. The SMILES string of the molecule is Cc1nn(CCN2CCCC2)c2c1/C=C/c1[nH]nc3c(C)nc(cc13)-c1c(C)nn(C)c1O[C@@H](C)CN(C)C2. The van der Waals surface area contributed by atoms with Crippen molar-refractivity contribution < 1.29 is 4.74 Å². The van der Waals surface area contributed by atoms with E-state index < -0.39 is 0 Å². The van der Waals surface area contributed by atoms with Crippen LogP contribution in [0.2, 0.25) is 0 Å². The molecule has 0 aliphatic carbocycles. The first-order valence-electron chi connectivity index (χ1n) is 14.0. The molecule has 2 aliphatic heterocycles. The number of hydrogen-bond donors (Lipinski definition) is 1. The van der Waals surface area contributed by atoms with Gasteiger partial charge in [-0.3, -0.25) is 19.7 Å². The number of likely N-dealkylation sites (N-methyl/N-ethyl adjacent to an activating group) is 1. The Bertz CT molecular complexity index is 1540. The minimum absolute atomic E-state index is 0.0518. The zero-order chi connectivity index (χ0) is 27.3. The molecule has 6 heterocycles. The number of hydrogen-bond acceptors (Lipinski definition) is 7. The summed E-state index contributed by atoms with van der Waals surface area (Å²) in [5.41, 5.74) is 8.81. The van der Waals surface area contributed by atoms with Crippen LogP contribution in [-0.4, -0.2) is 83.9 Å². The second-order valence-electron chi connectivity index (χ2n) is 11.2. The van der Waals surface area contributed by atoms with E-state index in [-0.39, 0.29) is 6.10 Å². The maximum absolute atomic E-state index is 6.57. The van der Waals surface area contributed by atoms with Gasteiger partial charge in [0, 0.05) is 37.6 Å². The van der Waals surface area contributed by atoms with E-state index in [0.29, 0.717) is 0 Å². The number of H-pyrrole nitrogens is 1. The van der Waals surface area contributed by atoms with Crippen molar-refractivity contribution in [3.63, 3.8) is 0 Å². The molecule has 1 saturated heterocycles. The lowest BCUT2D eigenvalue weighted by Crippen LogP contribution is -2.32. The van der Waals surface area contributed by atoms with Gasteiger partial charge < -0.3 is 9.64 Å². The zero-order valence-corrected chi connectivity index (χ0v) is 24.0. The molecule has 6 rings (SSSR count). The fraction of sp³-hybridized carbons (Fsp3) is 0.517. The molecule has 1 fully saturated rings. The second kappa shape index (κ2) is 10.2. The second-order valence-corrected chi connectivity index (χ2v) is 11.2. The summed E-state index contributed by atoms with van der Waals surface area (Å²) in [6, 6.07) is 2.10. The van der Waals surface area contributed by atoms with Crippen LogP contribution in [0.4, 0.5) is 0 Å². The van der Waals surface area contributed by atoms with Gasteiger partial charge in [-0.2, -0.15) is 15.3 Å². The number of aromatic amines is 1. The number of aromatic nitrogens is 7. The Hall–Kier alpha value is -3.50. The summed E-state index contributed by atoms with van der Waals surface area (Å²) in [7, 11) is 4.09. The first-order chi connectivity index (χ1) is 18.8. The van der Waals surface area contributed by atoms with Gasteiger partial charge in [0.05, 0.1) is 46.3 Å². The highest BCUT2D eigenvalue weighted by Gasteiger charge is 2.24. The molecule has 0 unspecified atom stereocenters. The van der Waals surface area contributed by atoms with Gasteiger partial charge in [0.25, 0.3) is 0 Å². The highest BCUT2D eigenvalue weighted by atomic mass is 16.5. The third-order valence-electron chi connectivity index (χ3n) is 8.00. The van der Waals surface area contributed by atoms with Gasteiger partial charge in [0.1, 0.15) is 11.6 Å². The molecule has 2 bridgehead atoms. The molecule has 0 radical (unpaired) electrons. The first-order valence-corrected chi connectivity index (χ1v) is 14.0. The average molecular weight is 530 g/mol. The summed E-state index contributed by atoms with van der Waals surface area (Å²) in [4.78, 5) is 9.79. The Morgan fingerprint density at radius 2 is 1.79 bits per heavy atom. The van der Waals surface area contributed by atoms with Crippen LogP contribution in [0.25, 0.3) is 34.3 Å². The number of nitrogens with zero attached hydrogens (tertiary/aromatic N) is 8. The zero-order valence-electron chi connectivity index (χ0n) is 24.0. The fourth-order valence-electron chi connectivity index (χ4n) is 6.12. The standard InChI is InChI=1S/C29H39N9O/c1-18-16-35(5)17-26-22(19(2)34-38(26)14-13-37-11-7-8-12-37)9-10-24-23-15-25(30-21(4)28(23)32-31-24)27-20(3)33-36(6)29(27)39-18/h9-10,15,18H,7-8,11-14,16-17H2,1-6H3,(H,31,32)/b10-9+/t18-/m0/s1. The maximum atomic E-state index is 6.57. The van der Waals surface area contributed by atoms with Gasteiger partial charge >= 0.3 is 0 Å². The van der Waals surface area contributed by atoms with E-state index >= 15 is 0 Å². The topological polar surface area (TPSA) is 92.9 Å². The number of likely N-dealkylation sites (tertiary alicyclic amines) is 1. The van der Waals surface area contributed by atoms with E-state index in [0.717, 1.165) is 77.0 Å². The molecule has 4 aromatic heterocycles. The lowest BCUT2D eigenvalue weighted by Gasteiger charge is -2.24. The van der Waals surface area contributed by atoms with E-state index in [1.807, 2.05) is 25.6 Å². The lowest BCUT2D eigenvalue weighted by molar-refractivity contribution is 0.147. The summed E-state index contributed by atoms with van der Waals surface area (Å²) in [6.07, 6.45) is 6.87. The van der Waals surface area contributed by atoms with Gasteiger partial charge in [0.2, 0.25) is 5.88 Å². The molecule has 0 aromatic carbocycles. The van der Waals surface area contributed by atoms with Crippen molar-refractivity contribution in [2.75, 3.05) is 33.2 Å². The largest absolute Gasteiger partial charge is 0.473 e. The predicted octanol–water partition coefficient (Wildman–Crippen LogP) is 3.96. The molecule has 0 amide bonds. The number of rotatable bonds is 3. The molecular formula is C29H39N9O. The van der Waals surface area contributed by atoms with E-state index in [4.69, 9.17) is 14.8 Å². The Balaban J connectivity index is 1.47. The average Bonchev–Trinajstić information content (AvgIpc) is 3.65. The third-order valence-corrected chi connectivity index (χ3v) is 8.00. The van der Waals surface area contributed by atoms with Gasteiger partial charge in [-0.1, -0.05) is 0 Å². The quantitative estimate of drug-likeness (QED) is 0.429. The summed E-state index contributed by atoms with van der Waals surface area (Å²) in [5.74, 6) is 0.738. The van der Waals surface area contributed by atoms with Crippen molar-refractivity contribution in [2.45, 2.75) is 59.7 Å². The molecule has 10 heteroatoms. The van der Waals surface area contributed by atoms with Crippen molar-refractivity contribution in [3.8, 4) is 17.1 Å². The maximum Gasteiger partial charge on any atom is 0.221 e. The van der Waals surface area contributed by atoms with Crippen LogP contribution in [0, 0.1) is 20.8 Å². The lowest BCUT2D eigenvalue weighted by atomic mass is 10.1. The normalized spacial score (nSPS) is 19.6. The summed E-state index contributed by atoms with van der Waals surface area (Å²) >= 11 is 0. The van der Waals surface area contributed by atoms with Crippen molar-refractivity contribution in [2.24, 2.45) is 7.05 Å². The van der Waals surface area contributed by atoms with Crippen LogP contribution in [0.15, 0.2) is 6.07 Å². The first kappa shape index (κ1) is 25.8. The number of fused-ring (bicyclic) bond motifs is 4. The van der Waals surface area contributed by atoms with Crippen LogP contribution in [0.5, 0.6) is 5.88 Å². The van der Waals surface area contributed by atoms with E-state index in [2.05, 4.69) is 68.9 Å². The van der Waals surface area contributed by atoms with Gasteiger partial charge in [-0.15, -0.1) is 0 Å². The molecule has 2 aliphatic rings. The van der Waals surface area contributed by atoms with Crippen LogP contribution in [-0.2, 0) is 20.1 Å². The Morgan fingerprint density at radius 1 is 1.00 bits per heavy atom. The van der Waals surface area contributed by atoms with Crippen molar-refractivity contribution >= 4 is 23.1 Å². The minimum Gasteiger partial charge on any atom is -0.473 e. The van der Waals surface area contributed by atoms with Crippen molar-refractivity contribution in [1.82, 2.24) is 44.5 Å². The van der Waals surface area contributed by atoms with Crippen LogP contribution in [0.3, 0.4) is 0 Å². The summed E-state index contributed by atoms with van der Waals surface area (Å²) in [5, 5.41) is 18.6. The number of pyridine rings is 1. The van der Waals surface area contributed by atoms with Crippen molar-refractivity contribution in [1.29, 1.82) is 0 Å². The number of aryl methyl sites for hydroxylation is 4.